The van der Waals surface area contributed by atoms with E-state index in [0.717, 1.165) is 49.7 Å². The number of aromatic nitrogens is 4. The number of rotatable bonds is 5. The minimum atomic E-state index is 0.552. The van der Waals surface area contributed by atoms with Crippen LogP contribution < -0.4 is 0 Å². The molecule has 8 aromatic carbocycles. The molecular weight excluding hydrogens is 625 g/mol. The Kier molecular flexibility index (Phi) is 6.74. The molecule has 238 valence electrons. The predicted molar refractivity (Wildman–Crippen MR) is 207 cm³/mol. The van der Waals surface area contributed by atoms with Crippen LogP contribution in [0.25, 0.3) is 100 Å². The van der Waals surface area contributed by atoms with Crippen LogP contribution in [0.15, 0.2) is 174 Å². The van der Waals surface area contributed by atoms with Gasteiger partial charge in [-0.15, -0.1) is 0 Å². The van der Waals surface area contributed by atoms with Gasteiger partial charge in [0.05, 0.1) is 0 Å². The fourth-order valence-corrected chi connectivity index (χ4v) is 7.05. The molecule has 0 saturated carbocycles. The topological polar surface area (TPSA) is 64.7 Å². The van der Waals surface area contributed by atoms with Crippen LogP contribution in [-0.4, -0.2) is 19.9 Å². The minimum Gasteiger partial charge on any atom is -0.435 e. The molecule has 0 aliphatic heterocycles. The van der Waals surface area contributed by atoms with E-state index in [2.05, 4.69) is 97.1 Å². The molecule has 0 unspecified atom stereocenters. The number of nitrogens with zero attached hydrogens (tertiary/aromatic N) is 4. The number of benzene rings is 8. The zero-order valence-electron chi connectivity index (χ0n) is 27.4. The molecule has 2 aromatic heterocycles. The highest BCUT2D eigenvalue weighted by Gasteiger charge is 2.17. The van der Waals surface area contributed by atoms with Gasteiger partial charge in [0.15, 0.2) is 23.1 Å². The summed E-state index contributed by atoms with van der Waals surface area (Å²) in [6, 6.07) is 58.4. The zero-order chi connectivity index (χ0) is 33.7. The summed E-state index contributed by atoms with van der Waals surface area (Å²) in [5.41, 5.74) is 7.39. The molecule has 10 rings (SSSR count). The van der Waals surface area contributed by atoms with Crippen molar-refractivity contribution >= 4 is 43.4 Å². The normalized spacial score (nSPS) is 11.5. The lowest BCUT2D eigenvalue weighted by atomic mass is 9.93. The summed E-state index contributed by atoms with van der Waals surface area (Å²) < 4.78 is 6.39. The number of hydrogen-bond acceptors (Lipinski definition) is 5. The Bertz CT molecular complexity index is 2930. The van der Waals surface area contributed by atoms with Gasteiger partial charge in [-0.3, -0.25) is 0 Å². The lowest BCUT2D eigenvalue weighted by Gasteiger charge is -2.12. The molecule has 5 nitrogen and oxygen atoms in total. The van der Waals surface area contributed by atoms with Crippen molar-refractivity contribution in [3.63, 3.8) is 0 Å². The van der Waals surface area contributed by atoms with Crippen molar-refractivity contribution in [1.29, 1.82) is 0 Å². The average Bonchev–Trinajstić information content (AvgIpc) is 3.66. The first-order valence-corrected chi connectivity index (χ1v) is 17.0. The summed E-state index contributed by atoms with van der Waals surface area (Å²) in [5.74, 6) is 2.33. The van der Waals surface area contributed by atoms with E-state index in [9.17, 15) is 0 Å². The van der Waals surface area contributed by atoms with Crippen LogP contribution in [0.1, 0.15) is 0 Å². The zero-order valence-corrected chi connectivity index (χ0v) is 27.4. The fraction of sp³-hybridized carbons (Fsp3) is 0. The summed E-state index contributed by atoms with van der Waals surface area (Å²) in [5, 5.41) is 7.05. The molecule has 2 heterocycles. The molecule has 0 aliphatic rings. The van der Waals surface area contributed by atoms with Gasteiger partial charge in [0.2, 0.25) is 5.89 Å². The van der Waals surface area contributed by atoms with Crippen molar-refractivity contribution in [3.05, 3.63) is 170 Å². The largest absolute Gasteiger partial charge is 0.435 e. The molecule has 0 amide bonds. The highest BCUT2D eigenvalue weighted by Crippen LogP contribution is 2.37. The first-order valence-electron chi connectivity index (χ1n) is 17.0. The molecule has 0 spiro atoms. The fourth-order valence-electron chi connectivity index (χ4n) is 7.05. The van der Waals surface area contributed by atoms with E-state index >= 15 is 0 Å². The Labute approximate surface area is 293 Å². The Hall–Kier alpha value is -6.98. The van der Waals surface area contributed by atoms with Crippen molar-refractivity contribution in [1.82, 2.24) is 19.9 Å². The maximum atomic E-state index is 6.39. The van der Waals surface area contributed by atoms with Crippen molar-refractivity contribution in [2.75, 3.05) is 0 Å². The summed E-state index contributed by atoms with van der Waals surface area (Å²) >= 11 is 0. The smallest absolute Gasteiger partial charge is 0.227 e. The van der Waals surface area contributed by atoms with E-state index in [-0.39, 0.29) is 0 Å². The van der Waals surface area contributed by atoms with Crippen LogP contribution in [-0.2, 0) is 0 Å². The molecule has 0 atom stereocenters. The maximum absolute atomic E-state index is 6.39. The third kappa shape index (κ3) is 5.11. The molecule has 0 radical (unpaired) electrons. The van der Waals surface area contributed by atoms with Crippen LogP contribution in [0.2, 0.25) is 0 Å². The van der Waals surface area contributed by atoms with Crippen molar-refractivity contribution in [3.8, 4) is 56.7 Å². The first kappa shape index (κ1) is 29.0. The SMILES string of the molecule is c1ccc(-c2nc(-c3cccc(-c4nc5ccc6ccccc6c5o4)c3)nc(-c3cccc(-c4cccc5ccc6ccccc6c45)c3)n2)cc1. The van der Waals surface area contributed by atoms with Crippen molar-refractivity contribution in [2.45, 2.75) is 0 Å². The van der Waals surface area contributed by atoms with Crippen molar-refractivity contribution < 1.29 is 4.42 Å². The first-order chi connectivity index (χ1) is 25.2. The van der Waals surface area contributed by atoms with Crippen LogP contribution in [0.4, 0.5) is 0 Å². The van der Waals surface area contributed by atoms with Gasteiger partial charge in [-0.05, 0) is 62.3 Å². The van der Waals surface area contributed by atoms with Gasteiger partial charge >= 0.3 is 0 Å². The molecule has 0 N–H and O–H groups in total. The molecule has 0 aliphatic carbocycles. The molecular formula is C46H28N4O. The summed E-state index contributed by atoms with van der Waals surface area (Å²) in [6.45, 7) is 0. The number of oxazole rings is 1. The monoisotopic (exact) mass is 652 g/mol. The van der Waals surface area contributed by atoms with E-state index < -0.39 is 0 Å². The van der Waals surface area contributed by atoms with Gasteiger partial charge < -0.3 is 4.42 Å². The molecule has 5 heteroatoms. The Morgan fingerprint density at radius 2 is 0.882 bits per heavy atom. The van der Waals surface area contributed by atoms with Crippen molar-refractivity contribution in [2.24, 2.45) is 0 Å². The lowest BCUT2D eigenvalue weighted by Crippen LogP contribution is -2.00. The summed E-state index contributed by atoms with van der Waals surface area (Å²) in [6.07, 6.45) is 0. The van der Waals surface area contributed by atoms with Gasteiger partial charge in [-0.25, -0.2) is 19.9 Å². The maximum Gasteiger partial charge on any atom is 0.227 e. The standard InChI is InChI=1S/C46H28N4O/c1-2-13-32(14-3-1)43-48-44(34-17-8-16-33(27-34)38-22-10-15-31-24-23-29-11-4-6-20-37(29)41(31)38)50-45(49-43)35-18-9-19-36(28-35)46-47-40-26-25-30-12-5-7-21-39(30)42(40)51-46/h1-28H. The highest BCUT2D eigenvalue weighted by molar-refractivity contribution is 6.14. The van der Waals surface area contributed by atoms with E-state index in [0.29, 0.717) is 23.4 Å². The van der Waals surface area contributed by atoms with Crippen LogP contribution in [0, 0.1) is 0 Å². The van der Waals surface area contributed by atoms with Crippen LogP contribution >= 0.6 is 0 Å². The van der Waals surface area contributed by atoms with Gasteiger partial charge in [-0.2, -0.15) is 0 Å². The summed E-state index contributed by atoms with van der Waals surface area (Å²) in [7, 11) is 0. The highest BCUT2D eigenvalue weighted by atomic mass is 16.3. The molecule has 51 heavy (non-hydrogen) atoms. The Balaban J connectivity index is 1.11. The quantitative estimate of drug-likeness (QED) is 0.173. The van der Waals surface area contributed by atoms with Gasteiger partial charge in [0, 0.05) is 27.6 Å². The second-order valence-corrected chi connectivity index (χ2v) is 12.7. The lowest BCUT2D eigenvalue weighted by molar-refractivity contribution is 0.623. The van der Waals surface area contributed by atoms with Gasteiger partial charge in [0.25, 0.3) is 0 Å². The third-order valence-corrected chi connectivity index (χ3v) is 9.52. The molecule has 0 saturated heterocycles. The van der Waals surface area contributed by atoms with E-state index in [4.69, 9.17) is 24.4 Å². The number of fused-ring (bicyclic) bond motifs is 6. The van der Waals surface area contributed by atoms with Crippen LogP contribution in [0.3, 0.4) is 0 Å². The van der Waals surface area contributed by atoms with Gasteiger partial charge in [0.1, 0.15) is 5.52 Å². The van der Waals surface area contributed by atoms with E-state index in [1.807, 2.05) is 72.8 Å². The molecule has 0 fully saturated rings. The Morgan fingerprint density at radius 3 is 1.67 bits per heavy atom. The number of hydrogen-bond donors (Lipinski definition) is 0. The molecule has 10 aromatic rings. The van der Waals surface area contributed by atoms with E-state index in [1.165, 1.54) is 27.1 Å². The summed E-state index contributed by atoms with van der Waals surface area (Å²) in [4.78, 5) is 20.0. The predicted octanol–water partition coefficient (Wildman–Crippen LogP) is 11.8. The molecule has 0 bridgehead atoms. The second-order valence-electron chi connectivity index (χ2n) is 12.7. The second kappa shape index (κ2) is 11.9. The van der Waals surface area contributed by atoms with Gasteiger partial charge in [-0.1, -0.05) is 146 Å². The average molecular weight is 653 g/mol. The minimum absolute atomic E-state index is 0.552. The Morgan fingerprint density at radius 1 is 0.353 bits per heavy atom. The van der Waals surface area contributed by atoms with Crippen LogP contribution in [0.5, 0.6) is 0 Å². The van der Waals surface area contributed by atoms with E-state index in [1.54, 1.807) is 0 Å². The third-order valence-electron chi connectivity index (χ3n) is 9.52.